The molecule has 1 atom stereocenters. The number of amides is 1. The molecule has 98 valence electrons. The second-order valence-electron chi connectivity index (χ2n) is 4.23. The molecule has 19 heavy (non-hydrogen) atoms. The molecule has 1 aromatic heterocycles. The molecule has 1 heterocycles. The average Bonchev–Trinajstić information content (AvgIpc) is 2.97. The Kier molecular flexibility index (Phi) is 4.93. The first-order valence-electron chi connectivity index (χ1n) is 6.36. The molecular formula is C16H17NOS. The molecule has 0 aliphatic heterocycles. The van der Waals surface area contributed by atoms with Crippen LogP contribution in [-0.4, -0.2) is 5.91 Å². The third-order valence-corrected chi connectivity index (χ3v) is 3.82. The Morgan fingerprint density at radius 2 is 2.05 bits per heavy atom. The van der Waals surface area contributed by atoms with Gasteiger partial charge in [-0.3, -0.25) is 4.79 Å². The van der Waals surface area contributed by atoms with Crippen LogP contribution in [0.15, 0.2) is 53.9 Å². The van der Waals surface area contributed by atoms with E-state index in [4.69, 9.17) is 0 Å². The van der Waals surface area contributed by atoms with Gasteiger partial charge in [0.25, 0.3) is 0 Å². The van der Waals surface area contributed by atoms with Gasteiger partial charge < -0.3 is 5.32 Å². The number of rotatable bonds is 5. The van der Waals surface area contributed by atoms with Gasteiger partial charge in [-0.15, -0.1) is 11.3 Å². The van der Waals surface area contributed by atoms with Crippen LogP contribution in [0.3, 0.4) is 0 Å². The first-order valence-corrected chi connectivity index (χ1v) is 7.24. The summed E-state index contributed by atoms with van der Waals surface area (Å²) in [4.78, 5) is 13.1. The van der Waals surface area contributed by atoms with Gasteiger partial charge in [-0.05, 0) is 29.5 Å². The van der Waals surface area contributed by atoms with Crippen LogP contribution < -0.4 is 5.32 Å². The number of thiophene rings is 1. The molecule has 1 N–H and O–H groups in total. The molecule has 1 unspecified atom stereocenters. The highest BCUT2D eigenvalue weighted by Gasteiger charge is 2.11. The maximum absolute atomic E-state index is 11.9. The third kappa shape index (κ3) is 4.07. The number of benzene rings is 1. The van der Waals surface area contributed by atoms with Crippen molar-refractivity contribution in [1.82, 2.24) is 5.32 Å². The lowest BCUT2D eigenvalue weighted by molar-refractivity contribution is -0.117. The minimum atomic E-state index is -0.0518. The predicted molar refractivity (Wildman–Crippen MR) is 81.0 cm³/mol. The van der Waals surface area contributed by atoms with Gasteiger partial charge in [0.15, 0.2) is 0 Å². The Hall–Kier alpha value is -1.87. The molecule has 3 heteroatoms. The molecular weight excluding hydrogens is 254 g/mol. The number of carbonyl (C=O) groups is 1. The van der Waals surface area contributed by atoms with Crippen molar-refractivity contribution in [2.75, 3.05) is 0 Å². The van der Waals surface area contributed by atoms with Gasteiger partial charge in [0.2, 0.25) is 5.91 Å². The number of carbonyl (C=O) groups excluding carboxylic acids is 1. The minimum absolute atomic E-state index is 0.0518. The quantitative estimate of drug-likeness (QED) is 0.817. The van der Waals surface area contributed by atoms with Crippen molar-refractivity contribution < 1.29 is 4.79 Å². The highest BCUT2D eigenvalue weighted by Crippen LogP contribution is 2.21. The minimum Gasteiger partial charge on any atom is -0.345 e. The van der Waals surface area contributed by atoms with Crippen LogP contribution in [0.1, 0.15) is 29.8 Å². The van der Waals surface area contributed by atoms with Crippen molar-refractivity contribution in [2.45, 2.75) is 19.4 Å². The molecule has 0 bridgehead atoms. The highest BCUT2D eigenvalue weighted by atomic mass is 32.1. The lowest BCUT2D eigenvalue weighted by Gasteiger charge is -2.13. The van der Waals surface area contributed by atoms with E-state index >= 15 is 0 Å². The van der Waals surface area contributed by atoms with Crippen LogP contribution in [0.4, 0.5) is 0 Å². The molecule has 2 nitrogen and oxygen atoms in total. The Morgan fingerprint density at radius 3 is 2.68 bits per heavy atom. The molecule has 1 amide bonds. The largest absolute Gasteiger partial charge is 0.345 e. The molecule has 0 spiro atoms. The molecule has 0 saturated heterocycles. The normalized spacial score (nSPS) is 12.5. The van der Waals surface area contributed by atoms with Gasteiger partial charge in [-0.25, -0.2) is 0 Å². The molecule has 0 fully saturated rings. The summed E-state index contributed by atoms with van der Waals surface area (Å²) < 4.78 is 0. The summed E-state index contributed by atoms with van der Waals surface area (Å²) in [6, 6.07) is 14.0. The maximum atomic E-state index is 11.9. The monoisotopic (exact) mass is 271 g/mol. The van der Waals surface area contributed by atoms with E-state index < -0.39 is 0 Å². The van der Waals surface area contributed by atoms with Crippen molar-refractivity contribution in [3.05, 3.63) is 64.4 Å². The number of nitrogens with one attached hydrogen (secondary N) is 1. The first-order chi connectivity index (χ1) is 9.29. The zero-order valence-electron chi connectivity index (χ0n) is 10.9. The number of hydrogen-bond acceptors (Lipinski definition) is 2. The topological polar surface area (TPSA) is 29.1 Å². The summed E-state index contributed by atoms with van der Waals surface area (Å²) in [6.45, 7) is 2.07. The van der Waals surface area contributed by atoms with E-state index in [-0.39, 0.29) is 11.9 Å². The van der Waals surface area contributed by atoms with Gasteiger partial charge in [0.1, 0.15) is 0 Å². The standard InChI is InChI=1S/C16H17NOS/c1-2-14(15-9-6-12-19-15)17-16(18)11-10-13-7-4-3-5-8-13/h3-12,14H,2H2,1H3,(H,17,18). The van der Waals surface area contributed by atoms with Gasteiger partial charge in [0, 0.05) is 11.0 Å². The van der Waals surface area contributed by atoms with Crippen LogP contribution in [-0.2, 0) is 4.79 Å². The predicted octanol–water partition coefficient (Wildman–Crippen LogP) is 4.03. The second kappa shape index (κ2) is 6.90. The molecule has 0 saturated carbocycles. The van der Waals surface area contributed by atoms with E-state index in [9.17, 15) is 4.79 Å². The first kappa shape index (κ1) is 13.6. The molecule has 2 aromatic rings. The van der Waals surface area contributed by atoms with Gasteiger partial charge in [-0.1, -0.05) is 43.3 Å². The summed E-state index contributed by atoms with van der Waals surface area (Å²) in [5.74, 6) is -0.0518. The molecule has 0 radical (unpaired) electrons. The summed E-state index contributed by atoms with van der Waals surface area (Å²) in [5, 5.41) is 5.06. The zero-order valence-corrected chi connectivity index (χ0v) is 11.7. The van der Waals surface area contributed by atoms with Crippen LogP contribution in [0.25, 0.3) is 6.08 Å². The fourth-order valence-corrected chi connectivity index (χ4v) is 2.68. The Morgan fingerprint density at radius 1 is 1.26 bits per heavy atom. The van der Waals surface area contributed by atoms with E-state index in [1.165, 1.54) is 4.88 Å². The van der Waals surface area contributed by atoms with E-state index in [1.807, 2.05) is 47.9 Å². The summed E-state index contributed by atoms with van der Waals surface area (Å²) in [6.07, 6.45) is 4.31. The smallest absolute Gasteiger partial charge is 0.244 e. The Labute approximate surface area is 117 Å². The SMILES string of the molecule is CCC(NC(=O)C=Cc1ccccc1)c1cccs1. The van der Waals surface area contributed by atoms with Crippen LogP contribution in [0, 0.1) is 0 Å². The van der Waals surface area contributed by atoms with Crippen LogP contribution in [0.5, 0.6) is 0 Å². The van der Waals surface area contributed by atoms with E-state index in [0.717, 1.165) is 12.0 Å². The van der Waals surface area contributed by atoms with E-state index in [0.29, 0.717) is 0 Å². The number of hydrogen-bond donors (Lipinski definition) is 1. The molecule has 0 aliphatic carbocycles. The van der Waals surface area contributed by atoms with Gasteiger partial charge >= 0.3 is 0 Å². The van der Waals surface area contributed by atoms with Crippen molar-refractivity contribution in [2.24, 2.45) is 0 Å². The fraction of sp³-hybridized carbons (Fsp3) is 0.188. The van der Waals surface area contributed by atoms with Crippen molar-refractivity contribution in [3.63, 3.8) is 0 Å². The van der Waals surface area contributed by atoms with Crippen molar-refractivity contribution in [3.8, 4) is 0 Å². The zero-order chi connectivity index (χ0) is 13.5. The van der Waals surface area contributed by atoms with Gasteiger partial charge in [-0.2, -0.15) is 0 Å². The van der Waals surface area contributed by atoms with Crippen LogP contribution in [0.2, 0.25) is 0 Å². The lowest BCUT2D eigenvalue weighted by atomic mass is 10.2. The maximum Gasteiger partial charge on any atom is 0.244 e. The summed E-state index contributed by atoms with van der Waals surface area (Å²) >= 11 is 1.67. The van der Waals surface area contributed by atoms with E-state index in [2.05, 4.69) is 18.3 Å². The second-order valence-corrected chi connectivity index (χ2v) is 5.21. The average molecular weight is 271 g/mol. The van der Waals surface area contributed by atoms with Crippen LogP contribution >= 0.6 is 11.3 Å². The third-order valence-electron chi connectivity index (χ3n) is 2.84. The Balaban J connectivity index is 1.95. The Bertz CT molecular complexity index is 531. The van der Waals surface area contributed by atoms with Crippen molar-refractivity contribution in [1.29, 1.82) is 0 Å². The molecule has 1 aromatic carbocycles. The summed E-state index contributed by atoms with van der Waals surface area (Å²) in [7, 11) is 0. The fourth-order valence-electron chi connectivity index (χ4n) is 1.82. The van der Waals surface area contributed by atoms with Gasteiger partial charge in [0.05, 0.1) is 6.04 Å². The van der Waals surface area contributed by atoms with Crippen molar-refractivity contribution >= 4 is 23.3 Å². The lowest BCUT2D eigenvalue weighted by Crippen LogP contribution is -2.25. The highest BCUT2D eigenvalue weighted by molar-refractivity contribution is 7.10. The van der Waals surface area contributed by atoms with E-state index in [1.54, 1.807) is 17.4 Å². The summed E-state index contributed by atoms with van der Waals surface area (Å²) in [5.41, 5.74) is 1.03. The molecule has 2 rings (SSSR count). The molecule has 0 aliphatic rings.